The maximum absolute atomic E-state index is 13.8. The zero-order chi connectivity index (χ0) is 24.9. The summed E-state index contributed by atoms with van der Waals surface area (Å²) in [6.07, 6.45) is 0.187. The van der Waals surface area contributed by atoms with E-state index in [4.69, 9.17) is 23.7 Å². The van der Waals surface area contributed by atoms with Crippen molar-refractivity contribution in [3.8, 4) is 11.5 Å². The van der Waals surface area contributed by atoms with E-state index in [1.165, 1.54) is 14.2 Å². The zero-order valence-electron chi connectivity index (χ0n) is 20.3. The first-order valence-corrected chi connectivity index (χ1v) is 11.1. The Labute approximate surface area is 199 Å². The summed E-state index contributed by atoms with van der Waals surface area (Å²) in [6.45, 7) is 5.05. The number of ether oxygens (including phenoxy) is 5. The molecule has 2 aromatic carbocycles. The van der Waals surface area contributed by atoms with Crippen LogP contribution in [-0.4, -0.2) is 55.7 Å². The van der Waals surface area contributed by atoms with Crippen molar-refractivity contribution in [2.45, 2.75) is 45.0 Å². The van der Waals surface area contributed by atoms with E-state index >= 15 is 0 Å². The summed E-state index contributed by atoms with van der Waals surface area (Å²) in [4.78, 5) is 27.0. The third-order valence-electron chi connectivity index (χ3n) is 5.51. The summed E-state index contributed by atoms with van der Waals surface area (Å²) in [7, 11) is 2.93. The molecule has 1 aliphatic carbocycles. The maximum Gasteiger partial charge on any atom is 0.347 e. The van der Waals surface area contributed by atoms with Crippen molar-refractivity contribution in [2.75, 3.05) is 27.6 Å². The number of hydrogen-bond acceptors (Lipinski definition) is 8. The van der Waals surface area contributed by atoms with Gasteiger partial charge in [0.1, 0.15) is 19.0 Å². The number of ketones is 1. The van der Waals surface area contributed by atoms with Gasteiger partial charge in [0.25, 0.3) is 0 Å². The fourth-order valence-corrected chi connectivity index (χ4v) is 3.91. The molecule has 2 atom stereocenters. The van der Waals surface area contributed by atoms with Crippen LogP contribution >= 0.6 is 0 Å². The Hall–Kier alpha value is -2.94. The fraction of sp³-hybridized carbons (Fsp3) is 0.462. The average molecular weight is 473 g/mol. The van der Waals surface area contributed by atoms with E-state index in [0.29, 0.717) is 11.3 Å². The summed E-state index contributed by atoms with van der Waals surface area (Å²) in [5, 5.41) is 11.6. The van der Waals surface area contributed by atoms with Crippen molar-refractivity contribution >= 4 is 11.8 Å². The largest absolute Gasteiger partial charge is 0.493 e. The topological polar surface area (TPSA) is 101 Å². The van der Waals surface area contributed by atoms with E-state index in [1.54, 1.807) is 32.9 Å². The average Bonchev–Trinajstić information content (AvgIpc) is 2.80. The highest BCUT2D eigenvalue weighted by Crippen LogP contribution is 2.43. The van der Waals surface area contributed by atoms with Crippen LogP contribution in [0.25, 0.3) is 0 Å². The molecule has 1 unspecified atom stereocenters. The van der Waals surface area contributed by atoms with Gasteiger partial charge in [-0.25, -0.2) is 4.79 Å². The molecular weight excluding hydrogens is 440 g/mol. The first-order valence-electron chi connectivity index (χ1n) is 11.1. The Morgan fingerprint density at radius 2 is 1.82 bits per heavy atom. The number of methoxy groups -OCH3 is 2. The van der Waals surface area contributed by atoms with E-state index in [0.717, 1.165) is 5.56 Å². The number of Topliss-reactive ketones (excluding diaryl/α,β-unsaturated/α-hetero) is 1. The lowest BCUT2D eigenvalue weighted by molar-refractivity contribution is -0.180. The SMILES string of the molecule is COCOC[C@H]1Cc2ccc(OC)c(OCc3ccccc3)c2C(=O)C1(O)C(=O)OC(C)(C)C. The minimum Gasteiger partial charge on any atom is -0.493 e. The van der Waals surface area contributed by atoms with Gasteiger partial charge in [0.15, 0.2) is 11.5 Å². The number of rotatable bonds is 9. The maximum atomic E-state index is 13.8. The molecule has 2 aromatic rings. The number of fused-ring (bicyclic) bond motifs is 1. The van der Waals surface area contributed by atoms with E-state index in [1.807, 2.05) is 30.3 Å². The lowest BCUT2D eigenvalue weighted by Crippen LogP contribution is -2.59. The van der Waals surface area contributed by atoms with Gasteiger partial charge in [-0.1, -0.05) is 36.4 Å². The molecule has 3 rings (SSSR count). The predicted octanol–water partition coefficient (Wildman–Crippen LogP) is 3.32. The lowest BCUT2D eigenvalue weighted by atomic mass is 9.71. The lowest BCUT2D eigenvalue weighted by Gasteiger charge is -2.39. The van der Waals surface area contributed by atoms with Crippen LogP contribution in [0.3, 0.4) is 0 Å². The first kappa shape index (κ1) is 25.7. The zero-order valence-corrected chi connectivity index (χ0v) is 20.3. The minimum atomic E-state index is -2.47. The number of hydrogen-bond donors (Lipinski definition) is 1. The molecule has 1 aliphatic rings. The van der Waals surface area contributed by atoms with Gasteiger partial charge < -0.3 is 28.8 Å². The van der Waals surface area contributed by atoms with Gasteiger partial charge in [-0.05, 0) is 44.4 Å². The second-order valence-corrected chi connectivity index (χ2v) is 9.18. The van der Waals surface area contributed by atoms with E-state index in [9.17, 15) is 14.7 Å². The predicted molar refractivity (Wildman–Crippen MR) is 124 cm³/mol. The molecule has 0 amide bonds. The van der Waals surface area contributed by atoms with Crippen LogP contribution in [-0.2, 0) is 32.0 Å². The molecular formula is C26H32O8. The number of carbonyl (C=O) groups is 2. The standard InChI is InChI=1S/C26H32O8/c1-25(2,3)34-24(28)26(29)19(15-32-16-30-4)13-18-11-12-20(31-5)22(21(18)23(26)27)33-14-17-9-7-6-8-10-17/h6-12,19,29H,13-16H2,1-5H3/t19-,26?/m1/s1. The van der Waals surface area contributed by atoms with Gasteiger partial charge in [0.05, 0.1) is 19.3 Å². The molecule has 8 nitrogen and oxygen atoms in total. The highest BCUT2D eigenvalue weighted by atomic mass is 16.7. The van der Waals surface area contributed by atoms with Gasteiger partial charge >= 0.3 is 5.97 Å². The van der Waals surface area contributed by atoms with E-state index in [2.05, 4.69) is 0 Å². The van der Waals surface area contributed by atoms with Crippen molar-refractivity contribution in [3.63, 3.8) is 0 Å². The Kier molecular flexibility index (Phi) is 7.97. The number of aliphatic hydroxyl groups is 1. The molecule has 0 bridgehead atoms. The molecule has 0 saturated heterocycles. The molecule has 8 heteroatoms. The molecule has 0 radical (unpaired) electrons. The normalized spacial score (nSPS) is 19.9. The summed E-state index contributed by atoms with van der Waals surface area (Å²) in [6, 6.07) is 12.9. The van der Waals surface area contributed by atoms with Crippen LogP contribution in [0.1, 0.15) is 42.3 Å². The molecule has 34 heavy (non-hydrogen) atoms. The third kappa shape index (κ3) is 5.41. The quantitative estimate of drug-likeness (QED) is 0.257. The molecule has 0 saturated carbocycles. The first-order chi connectivity index (χ1) is 16.1. The Morgan fingerprint density at radius 3 is 2.44 bits per heavy atom. The molecule has 0 aromatic heterocycles. The molecule has 0 aliphatic heterocycles. The molecule has 0 heterocycles. The van der Waals surface area contributed by atoms with Crippen molar-refractivity contribution < 1.29 is 38.4 Å². The van der Waals surface area contributed by atoms with Crippen LogP contribution in [0.2, 0.25) is 0 Å². The molecule has 0 fully saturated rings. The fourth-order valence-electron chi connectivity index (χ4n) is 3.91. The van der Waals surface area contributed by atoms with Crippen molar-refractivity contribution in [3.05, 3.63) is 59.2 Å². The summed E-state index contributed by atoms with van der Waals surface area (Å²) in [5.74, 6) is -2.22. The van der Waals surface area contributed by atoms with Crippen LogP contribution < -0.4 is 9.47 Å². The van der Waals surface area contributed by atoms with E-state index < -0.39 is 28.9 Å². The van der Waals surface area contributed by atoms with Crippen molar-refractivity contribution in [1.29, 1.82) is 0 Å². The molecule has 1 N–H and O–H groups in total. The van der Waals surface area contributed by atoms with Crippen LogP contribution in [0, 0.1) is 5.92 Å². The number of carbonyl (C=O) groups excluding carboxylic acids is 2. The van der Waals surface area contributed by atoms with Crippen molar-refractivity contribution in [2.24, 2.45) is 5.92 Å². The third-order valence-corrected chi connectivity index (χ3v) is 5.51. The summed E-state index contributed by atoms with van der Waals surface area (Å²) in [5.41, 5.74) is -1.77. The Bertz CT molecular complexity index is 1010. The molecule has 184 valence electrons. The molecule has 0 spiro atoms. The van der Waals surface area contributed by atoms with Crippen molar-refractivity contribution in [1.82, 2.24) is 0 Å². The van der Waals surface area contributed by atoms with Crippen LogP contribution in [0.15, 0.2) is 42.5 Å². The van der Waals surface area contributed by atoms with Crippen LogP contribution in [0.4, 0.5) is 0 Å². The van der Waals surface area contributed by atoms with Crippen LogP contribution in [0.5, 0.6) is 11.5 Å². The second-order valence-electron chi connectivity index (χ2n) is 9.18. The minimum absolute atomic E-state index is 0.0456. The van der Waals surface area contributed by atoms with Gasteiger partial charge in [-0.2, -0.15) is 0 Å². The Morgan fingerprint density at radius 1 is 1.12 bits per heavy atom. The monoisotopic (exact) mass is 472 g/mol. The van der Waals surface area contributed by atoms with E-state index in [-0.39, 0.29) is 37.7 Å². The number of esters is 1. The summed E-state index contributed by atoms with van der Waals surface area (Å²) >= 11 is 0. The highest BCUT2D eigenvalue weighted by Gasteiger charge is 2.57. The van der Waals surface area contributed by atoms with Gasteiger partial charge in [0, 0.05) is 13.0 Å². The number of benzene rings is 2. The highest BCUT2D eigenvalue weighted by molar-refractivity contribution is 6.18. The smallest absolute Gasteiger partial charge is 0.347 e. The van der Waals surface area contributed by atoms with Gasteiger partial charge in [-0.15, -0.1) is 0 Å². The second kappa shape index (κ2) is 10.5. The van der Waals surface area contributed by atoms with Gasteiger partial charge in [0.2, 0.25) is 11.4 Å². The van der Waals surface area contributed by atoms with Gasteiger partial charge in [-0.3, -0.25) is 4.79 Å². The Balaban J connectivity index is 2.05. The summed E-state index contributed by atoms with van der Waals surface area (Å²) < 4.78 is 27.3.